The summed E-state index contributed by atoms with van der Waals surface area (Å²) >= 11 is 0. The molecule has 0 bridgehead atoms. The van der Waals surface area contributed by atoms with Crippen LogP contribution in [0.1, 0.15) is 69.8 Å². The number of carboxylic acids is 2. The van der Waals surface area contributed by atoms with Gasteiger partial charge in [-0.2, -0.15) is 0 Å². The maximum Gasteiger partial charge on any atom is 0.326 e. The highest BCUT2D eigenvalue weighted by Crippen LogP contribution is 2.27. The maximum atomic E-state index is 13.7. The van der Waals surface area contributed by atoms with Gasteiger partial charge in [0.25, 0.3) is 0 Å². The summed E-state index contributed by atoms with van der Waals surface area (Å²) < 4.78 is 0. The molecule has 1 aromatic heterocycles. The first-order valence-corrected chi connectivity index (χ1v) is 14.9. The molecule has 1 saturated heterocycles. The molecule has 0 radical (unpaired) electrons. The molecule has 2 heterocycles. The predicted octanol–water partition coefficient (Wildman–Crippen LogP) is 1.84. The van der Waals surface area contributed by atoms with Gasteiger partial charge in [-0.25, -0.2) is 4.79 Å². The van der Waals surface area contributed by atoms with E-state index in [-0.39, 0.29) is 24.7 Å². The number of carbonyl (C=O) groups excluding carboxylic acids is 3. The standard InChI is InChI=1S/C30H41N5O7/c36-25(37)14-13-23(28(39)35-26(30(41)42)18-8-2-1-3-9-18)33-29(40)24(34-27(38)22-12-6-7-15-31-22)16-19-17-32-21-11-5-4-10-20(19)21/h4-5,10-11,17-18,22-24,26,31-32H,1-3,6-9,12-16H2,(H,33,40)(H,34,38)(H,35,39)(H,36,37)(H,41,42)/t22-,23-,24-,26-/m0/s1. The van der Waals surface area contributed by atoms with Gasteiger partial charge in [0.15, 0.2) is 0 Å². The van der Waals surface area contributed by atoms with E-state index in [1.54, 1.807) is 6.20 Å². The molecular weight excluding hydrogens is 542 g/mol. The van der Waals surface area contributed by atoms with Crippen LogP contribution < -0.4 is 21.3 Å². The van der Waals surface area contributed by atoms with Crippen molar-refractivity contribution in [3.05, 3.63) is 36.0 Å². The van der Waals surface area contributed by atoms with Gasteiger partial charge in [0.2, 0.25) is 17.7 Å². The molecule has 228 valence electrons. The summed E-state index contributed by atoms with van der Waals surface area (Å²) in [6.45, 7) is 0.695. The van der Waals surface area contributed by atoms with Crippen LogP contribution in [0, 0.1) is 5.92 Å². The normalized spacial score (nSPS) is 19.8. The molecule has 2 fully saturated rings. The Kier molecular flexibility index (Phi) is 10.9. The fourth-order valence-electron chi connectivity index (χ4n) is 5.99. The summed E-state index contributed by atoms with van der Waals surface area (Å²) in [5.74, 6) is -4.30. The highest BCUT2D eigenvalue weighted by molar-refractivity contribution is 5.95. The lowest BCUT2D eigenvalue weighted by molar-refractivity contribution is -0.145. The van der Waals surface area contributed by atoms with Crippen LogP contribution in [0.15, 0.2) is 30.5 Å². The molecular formula is C30H41N5O7. The molecule has 2 aliphatic rings. The molecule has 4 rings (SSSR count). The van der Waals surface area contributed by atoms with E-state index in [1.165, 1.54) is 0 Å². The summed E-state index contributed by atoms with van der Waals surface area (Å²) in [6, 6.07) is 3.61. The summed E-state index contributed by atoms with van der Waals surface area (Å²) in [4.78, 5) is 66.8. The van der Waals surface area contributed by atoms with E-state index >= 15 is 0 Å². The fourth-order valence-corrected chi connectivity index (χ4v) is 5.99. The monoisotopic (exact) mass is 583 g/mol. The molecule has 3 amide bonds. The number of benzene rings is 1. The first kappa shape index (κ1) is 31.0. The molecule has 7 N–H and O–H groups in total. The Labute approximate surface area is 244 Å². The van der Waals surface area contributed by atoms with Crippen LogP contribution in [0.5, 0.6) is 0 Å². The summed E-state index contributed by atoms with van der Waals surface area (Å²) in [5, 5.41) is 31.2. The van der Waals surface area contributed by atoms with Crippen LogP contribution in [0.4, 0.5) is 0 Å². The number of aromatic amines is 1. The van der Waals surface area contributed by atoms with Gasteiger partial charge in [-0.1, -0.05) is 43.9 Å². The SMILES string of the molecule is O=C(O)CC[C@H](NC(=O)[C@H](Cc1c[nH]c2ccccc12)NC(=O)[C@@H]1CCCCN1)C(=O)N[C@H](C(=O)O)C1CCCCC1. The van der Waals surface area contributed by atoms with Crippen molar-refractivity contribution in [3.63, 3.8) is 0 Å². The van der Waals surface area contributed by atoms with Crippen LogP contribution in [-0.4, -0.2) is 75.6 Å². The zero-order chi connectivity index (χ0) is 30.1. The number of hydrogen-bond donors (Lipinski definition) is 7. The van der Waals surface area contributed by atoms with Gasteiger partial charge in [-0.05, 0) is 56.2 Å². The van der Waals surface area contributed by atoms with Gasteiger partial charge in [-0.15, -0.1) is 0 Å². The molecule has 1 saturated carbocycles. The number of amides is 3. The molecule has 1 aromatic carbocycles. The third-order valence-corrected chi connectivity index (χ3v) is 8.32. The quantitative estimate of drug-likeness (QED) is 0.186. The first-order chi connectivity index (χ1) is 20.2. The van der Waals surface area contributed by atoms with Gasteiger partial charge >= 0.3 is 11.9 Å². The second-order valence-electron chi connectivity index (χ2n) is 11.3. The van der Waals surface area contributed by atoms with E-state index in [2.05, 4.69) is 26.3 Å². The lowest BCUT2D eigenvalue weighted by Crippen LogP contribution is -2.59. The number of fused-ring (bicyclic) bond motifs is 1. The Balaban J connectivity index is 1.53. The van der Waals surface area contributed by atoms with Gasteiger partial charge in [0.1, 0.15) is 18.1 Å². The Morgan fingerprint density at radius 2 is 1.57 bits per heavy atom. The smallest absolute Gasteiger partial charge is 0.326 e. The largest absolute Gasteiger partial charge is 0.481 e. The molecule has 0 unspecified atom stereocenters. The third-order valence-electron chi connectivity index (χ3n) is 8.32. The molecule has 12 nitrogen and oxygen atoms in total. The molecule has 1 aliphatic carbocycles. The van der Waals surface area contributed by atoms with E-state index in [4.69, 9.17) is 0 Å². The number of H-pyrrole nitrogens is 1. The number of rotatable bonds is 13. The number of para-hydroxylation sites is 1. The molecule has 4 atom stereocenters. The molecule has 1 aliphatic heterocycles. The van der Waals surface area contributed by atoms with Crippen LogP contribution in [0.3, 0.4) is 0 Å². The Bertz CT molecular complexity index is 1270. The van der Waals surface area contributed by atoms with Crippen molar-refractivity contribution in [1.82, 2.24) is 26.3 Å². The van der Waals surface area contributed by atoms with Crippen molar-refractivity contribution in [2.24, 2.45) is 5.92 Å². The lowest BCUT2D eigenvalue weighted by Gasteiger charge is -2.30. The average Bonchev–Trinajstić information content (AvgIpc) is 3.40. The number of aliphatic carboxylic acids is 2. The van der Waals surface area contributed by atoms with Gasteiger partial charge in [-0.3, -0.25) is 19.2 Å². The number of carbonyl (C=O) groups is 5. The zero-order valence-electron chi connectivity index (χ0n) is 23.7. The highest BCUT2D eigenvalue weighted by Gasteiger charge is 2.35. The number of hydrogen-bond acceptors (Lipinski definition) is 6. The molecule has 0 spiro atoms. The van der Waals surface area contributed by atoms with E-state index < -0.39 is 54.3 Å². The Morgan fingerprint density at radius 1 is 0.857 bits per heavy atom. The van der Waals surface area contributed by atoms with Crippen molar-refractivity contribution < 1.29 is 34.2 Å². The molecule has 42 heavy (non-hydrogen) atoms. The predicted molar refractivity (Wildman–Crippen MR) is 155 cm³/mol. The molecule has 12 heteroatoms. The number of carboxylic acid groups (broad SMARTS) is 2. The van der Waals surface area contributed by atoms with Crippen molar-refractivity contribution in [1.29, 1.82) is 0 Å². The minimum atomic E-state index is -1.30. The van der Waals surface area contributed by atoms with E-state index in [0.717, 1.165) is 48.6 Å². The van der Waals surface area contributed by atoms with E-state index in [0.29, 0.717) is 25.8 Å². The van der Waals surface area contributed by atoms with Crippen LogP contribution in [-0.2, 0) is 30.4 Å². The zero-order valence-corrected chi connectivity index (χ0v) is 23.7. The van der Waals surface area contributed by atoms with Crippen LogP contribution in [0.25, 0.3) is 10.9 Å². The Morgan fingerprint density at radius 3 is 2.26 bits per heavy atom. The van der Waals surface area contributed by atoms with Crippen molar-refractivity contribution in [2.45, 2.75) is 94.8 Å². The Hall–Kier alpha value is -3.93. The van der Waals surface area contributed by atoms with Crippen molar-refractivity contribution in [2.75, 3.05) is 6.54 Å². The number of nitrogens with one attached hydrogen (secondary N) is 5. The number of piperidine rings is 1. The van der Waals surface area contributed by atoms with Gasteiger partial charge in [0, 0.05) is 29.9 Å². The van der Waals surface area contributed by atoms with Gasteiger partial charge < -0.3 is 36.5 Å². The van der Waals surface area contributed by atoms with Crippen LogP contribution in [0.2, 0.25) is 0 Å². The average molecular weight is 584 g/mol. The fraction of sp³-hybridized carbons (Fsp3) is 0.567. The topological polar surface area (TPSA) is 190 Å². The first-order valence-electron chi connectivity index (χ1n) is 14.9. The second kappa shape index (κ2) is 14.8. The molecule has 2 aromatic rings. The second-order valence-corrected chi connectivity index (χ2v) is 11.3. The number of aromatic nitrogens is 1. The van der Waals surface area contributed by atoms with Crippen molar-refractivity contribution >= 4 is 40.6 Å². The summed E-state index contributed by atoms with van der Waals surface area (Å²) in [5.41, 5.74) is 1.66. The van der Waals surface area contributed by atoms with Gasteiger partial charge in [0.05, 0.1) is 6.04 Å². The van der Waals surface area contributed by atoms with E-state index in [1.807, 2.05) is 24.3 Å². The van der Waals surface area contributed by atoms with E-state index in [9.17, 15) is 34.2 Å². The summed E-state index contributed by atoms with van der Waals surface area (Å²) in [6.07, 6.45) is 7.80. The van der Waals surface area contributed by atoms with Crippen LogP contribution >= 0.6 is 0 Å². The lowest BCUT2D eigenvalue weighted by atomic mass is 9.83. The van der Waals surface area contributed by atoms with Crippen molar-refractivity contribution in [3.8, 4) is 0 Å². The third kappa shape index (κ3) is 8.31. The minimum absolute atomic E-state index is 0.126. The highest BCUT2D eigenvalue weighted by atomic mass is 16.4. The maximum absolute atomic E-state index is 13.7. The summed E-state index contributed by atoms with van der Waals surface area (Å²) in [7, 11) is 0. The minimum Gasteiger partial charge on any atom is -0.481 e.